The molecule has 0 aliphatic carbocycles. The Bertz CT molecular complexity index is 458. The van der Waals surface area contributed by atoms with Crippen molar-refractivity contribution in [2.75, 3.05) is 18.8 Å². The predicted octanol–water partition coefficient (Wildman–Crippen LogP) is -1.08. The Hall–Kier alpha value is -1.61. The van der Waals surface area contributed by atoms with Gasteiger partial charge in [-0.3, -0.25) is 9.69 Å². The largest absolute Gasteiger partial charge is 0.329 e. The Balaban J connectivity index is 1.86. The van der Waals surface area contributed by atoms with Gasteiger partial charge in [-0.15, -0.1) is 10.2 Å². The second kappa shape index (κ2) is 5.36. The maximum atomic E-state index is 11.3. The highest BCUT2D eigenvalue weighted by molar-refractivity contribution is 7.99. The van der Waals surface area contributed by atoms with Crippen LogP contribution in [0.5, 0.6) is 0 Å². The van der Waals surface area contributed by atoms with E-state index in [0.29, 0.717) is 24.7 Å². The quantitative estimate of drug-likeness (QED) is 0.520. The zero-order valence-corrected chi connectivity index (χ0v) is 10.7. The van der Waals surface area contributed by atoms with Crippen molar-refractivity contribution >= 4 is 23.7 Å². The Morgan fingerprint density at radius 3 is 2.78 bits per heavy atom. The minimum absolute atomic E-state index is 0.0881. The number of rotatable bonds is 5. The van der Waals surface area contributed by atoms with Crippen LogP contribution in [0.2, 0.25) is 0 Å². The molecule has 3 amide bonds. The molecule has 1 aromatic rings. The van der Waals surface area contributed by atoms with E-state index in [9.17, 15) is 9.59 Å². The normalized spacial score (nSPS) is 15.3. The highest BCUT2D eigenvalue weighted by Gasteiger charge is 2.27. The monoisotopic (exact) mass is 270 g/mol. The Labute approximate surface area is 108 Å². The van der Waals surface area contributed by atoms with E-state index in [4.69, 9.17) is 5.73 Å². The molecule has 1 aliphatic rings. The lowest BCUT2D eigenvalue weighted by molar-refractivity contribution is -0.124. The summed E-state index contributed by atoms with van der Waals surface area (Å²) in [5, 5.41) is 11.1. The second-order valence-corrected chi connectivity index (χ2v) is 4.78. The van der Waals surface area contributed by atoms with Gasteiger partial charge in [0.25, 0.3) is 0 Å². The Kier molecular flexibility index (Phi) is 3.82. The molecule has 8 nitrogen and oxygen atoms in total. The summed E-state index contributed by atoms with van der Waals surface area (Å²) in [6.45, 7) is 0.780. The molecule has 18 heavy (non-hydrogen) atoms. The second-order valence-electron chi connectivity index (χ2n) is 3.71. The molecule has 0 bridgehead atoms. The molecule has 1 aliphatic heterocycles. The van der Waals surface area contributed by atoms with Crippen LogP contribution in [0, 0.1) is 0 Å². The zero-order valence-electron chi connectivity index (χ0n) is 9.92. The molecular formula is C9H14N6O2S. The summed E-state index contributed by atoms with van der Waals surface area (Å²) in [5.74, 6) is 1.09. The third-order valence-corrected chi connectivity index (χ3v) is 3.59. The number of amides is 3. The van der Waals surface area contributed by atoms with Crippen molar-refractivity contribution in [2.45, 2.75) is 11.7 Å². The minimum Gasteiger partial charge on any atom is -0.329 e. The molecule has 0 spiro atoms. The lowest BCUT2D eigenvalue weighted by atomic mass is 10.5. The molecule has 0 atom stereocenters. The lowest BCUT2D eigenvalue weighted by Gasteiger charge is -2.11. The zero-order chi connectivity index (χ0) is 13.1. The first kappa shape index (κ1) is 12.8. The fourth-order valence-electron chi connectivity index (χ4n) is 1.56. The van der Waals surface area contributed by atoms with Crippen molar-refractivity contribution in [1.82, 2.24) is 25.0 Å². The number of carbonyl (C=O) groups is 2. The fraction of sp³-hybridized carbons (Fsp3) is 0.556. The van der Waals surface area contributed by atoms with Crippen LogP contribution < -0.4 is 11.1 Å². The van der Waals surface area contributed by atoms with Gasteiger partial charge in [0.05, 0.1) is 13.1 Å². The maximum absolute atomic E-state index is 11.3. The summed E-state index contributed by atoms with van der Waals surface area (Å²) in [6, 6.07) is -0.332. The van der Waals surface area contributed by atoms with Crippen LogP contribution in [0.3, 0.4) is 0 Å². The lowest BCUT2D eigenvalue weighted by Crippen LogP contribution is -2.32. The molecule has 1 aromatic heterocycles. The molecule has 0 unspecified atom stereocenters. The first-order valence-electron chi connectivity index (χ1n) is 5.43. The number of nitrogens with zero attached hydrogens (tertiary/aromatic N) is 4. The Morgan fingerprint density at radius 1 is 1.44 bits per heavy atom. The summed E-state index contributed by atoms with van der Waals surface area (Å²) >= 11 is 1.43. The smallest absolute Gasteiger partial charge is 0.324 e. The molecule has 9 heteroatoms. The van der Waals surface area contributed by atoms with E-state index in [2.05, 4.69) is 15.5 Å². The molecule has 3 N–H and O–H groups in total. The predicted molar refractivity (Wildman–Crippen MR) is 64.7 cm³/mol. The van der Waals surface area contributed by atoms with Crippen molar-refractivity contribution in [2.24, 2.45) is 12.8 Å². The van der Waals surface area contributed by atoms with Gasteiger partial charge in [-0.05, 0) is 0 Å². The van der Waals surface area contributed by atoms with E-state index < -0.39 is 0 Å². The average Bonchev–Trinajstić information content (AvgIpc) is 2.86. The first-order valence-corrected chi connectivity index (χ1v) is 6.41. The standard InChI is InChI=1S/C9H14N6O2S/c1-14-6(4-10)12-13-9(14)18-3-2-15-7(16)5-11-8(15)17/h2-5,10H2,1H3,(H,11,17). The number of thioether (sulfide) groups is 1. The van der Waals surface area contributed by atoms with Gasteiger partial charge in [0.15, 0.2) is 5.16 Å². The summed E-state index contributed by atoms with van der Waals surface area (Å²) in [7, 11) is 1.83. The molecule has 1 fully saturated rings. The number of urea groups is 1. The van der Waals surface area contributed by atoms with E-state index in [-0.39, 0.29) is 18.5 Å². The van der Waals surface area contributed by atoms with E-state index in [1.54, 1.807) is 4.57 Å². The Morgan fingerprint density at radius 2 is 2.22 bits per heavy atom. The van der Waals surface area contributed by atoms with Gasteiger partial charge in [0.2, 0.25) is 5.91 Å². The minimum atomic E-state index is -0.332. The first-order chi connectivity index (χ1) is 8.63. The van der Waals surface area contributed by atoms with Crippen LogP contribution in [0.25, 0.3) is 0 Å². The third-order valence-electron chi connectivity index (χ3n) is 2.59. The molecule has 2 heterocycles. The van der Waals surface area contributed by atoms with Crippen molar-refractivity contribution in [1.29, 1.82) is 0 Å². The molecule has 0 aromatic carbocycles. The number of aromatic nitrogens is 3. The number of hydrogen-bond donors (Lipinski definition) is 2. The number of nitrogens with one attached hydrogen (secondary N) is 1. The number of nitrogens with two attached hydrogens (primary N) is 1. The van der Waals surface area contributed by atoms with E-state index >= 15 is 0 Å². The summed E-state index contributed by atoms with van der Waals surface area (Å²) < 4.78 is 1.80. The van der Waals surface area contributed by atoms with Crippen molar-refractivity contribution in [3.63, 3.8) is 0 Å². The van der Waals surface area contributed by atoms with Crippen molar-refractivity contribution in [3.05, 3.63) is 5.82 Å². The summed E-state index contributed by atoms with van der Waals surface area (Å²) in [5.41, 5.74) is 5.49. The van der Waals surface area contributed by atoms with Crippen LogP contribution in [0.15, 0.2) is 5.16 Å². The highest BCUT2D eigenvalue weighted by atomic mass is 32.2. The van der Waals surface area contributed by atoms with Crippen LogP contribution in [-0.4, -0.2) is 50.4 Å². The molecule has 98 valence electrons. The van der Waals surface area contributed by atoms with Gasteiger partial charge in [-0.2, -0.15) is 0 Å². The van der Waals surface area contributed by atoms with Crippen LogP contribution in [0.1, 0.15) is 5.82 Å². The van der Waals surface area contributed by atoms with Gasteiger partial charge < -0.3 is 15.6 Å². The van der Waals surface area contributed by atoms with Crippen LogP contribution in [-0.2, 0) is 18.4 Å². The van der Waals surface area contributed by atoms with Gasteiger partial charge >= 0.3 is 6.03 Å². The molecular weight excluding hydrogens is 256 g/mol. The van der Waals surface area contributed by atoms with Gasteiger partial charge in [-0.1, -0.05) is 11.8 Å². The van der Waals surface area contributed by atoms with Gasteiger partial charge in [0.1, 0.15) is 5.82 Å². The molecule has 1 saturated heterocycles. The highest BCUT2D eigenvalue weighted by Crippen LogP contribution is 2.15. The molecule has 2 rings (SSSR count). The average molecular weight is 270 g/mol. The van der Waals surface area contributed by atoms with E-state index in [1.165, 1.54) is 16.7 Å². The number of imide groups is 1. The third kappa shape index (κ3) is 2.46. The van der Waals surface area contributed by atoms with Gasteiger partial charge in [0, 0.05) is 19.3 Å². The van der Waals surface area contributed by atoms with Crippen molar-refractivity contribution in [3.8, 4) is 0 Å². The SMILES string of the molecule is Cn1c(CN)nnc1SCCN1C(=O)CNC1=O. The van der Waals surface area contributed by atoms with E-state index in [0.717, 1.165) is 5.16 Å². The van der Waals surface area contributed by atoms with E-state index in [1.807, 2.05) is 7.05 Å². The summed E-state index contributed by atoms with van der Waals surface area (Å²) in [4.78, 5) is 23.8. The van der Waals surface area contributed by atoms with Crippen LogP contribution >= 0.6 is 11.8 Å². The van der Waals surface area contributed by atoms with Crippen LogP contribution in [0.4, 0.5) is 4.79 Å². The van der Waals surface area contributed by atoms with Gasteiger partial charge in [-0.25, -0.2) is 4.79 Å². The fourth-order valence-corrected chi connectivity index (χ4v) is 2.41. The topological polar surface area (TPSA) is 106 Å². The number of hydrogen-bond acceptors (Lipinski definition) is 6. The maximum Gasteiger partial charge on any atom is 0.324 e. The van der Waals surface area contributed by atoms with Crippen molar-refractivity contribution < 1.29 is 9.59 Å². The summed E-state index contributed by atoms with van der Waals surface area (Å²) in [6.07, 6.45) is 0. The molecule has 0 radical (unpaired) electrons. The molecule has 0 saturated carbocycles. The number of carbonyl (C=O) groups excluding carboxylic acids is 2.